The Kier molecular flexibility index (Phi) is 4.36. The number of benzene rings is 1. The number of methoxy groups -OCH3 is 1. The Morgan fingerprint density at radius 3 is 2.67 bits per heavy atom. The molecule has 2 rings (SSSR count). The van der Waals surface area contributed by atoms with E-state index in [0.29, 0.717) is 11.7 Å². The average molecular weight is 270 g/mol. The number of rotatable bonds is 4. The zero-order chi connectivity index (χ0) is 13.1. The van der Waals surface area contributed by atoms with E-state index in [0.717, 1.165) is 35.8 Å². The highest BCUT2D eigenvalue weighted by Gasteiger charge is 2.21. The van der Waals surface area contributed by atoms with Gasteiger partial charge in [-0.2, -0.15) is 0 Å². The van der Waals surface area contributed by atoms with Gasteiger partial charge >= 0.3 is 0 Å². The minimum absolute atomic E-state index is 0.106. The highest BCUT2D eigenvalue weighted by atomic mass is 35.5. The standard InChI is InChI=1S/C14H20ClNO2/c1-9(2)18-14-7-12(15)11(6-13(14)17-3)10-4-5-16-8-10/h6-7,9-10,16H,4-5,8H2,1-3H3. The summed E-state index contributed by atoms with van der Waals surface area (Å²) in [6.07, 6.45) is 1.22. The predicted octanol–water partition coefficient (Wildman–Crippen LogP) is 3.21. The predicted molar refractivity (Wildman–Crippen MR) is 74.0 cm³/mol. The third-order valence-electron chi connectivity index (χ3n) is 3.15. The van der Waals surface area contributed by atoms with E-state index in [9.17, 15) is 0 Å². The molecule has 18 heavy (non-hydrogen) atoms. The van der Waals surface area contributed by atoms with Gasteiger partial charge < -0.3 is 14.8 Å². The molecule has 0 aromatic heterocycles. The number of hydrogen-bond donors (Lipinski definition) is 1. The molecule has 1 aliphatic rings. The summed E-state index contributed by atoms with van der Waals surface area (Å²) in [4.78, 5) is 0. The van der Waals surface area contributed by atoms with E-state index in [4.69, 9.17) is 21.1 Å². The molecule has 0 bridgehead atoms. The Morgan fingerprint density at radius 1 is 1.33 bits per heavy atom. The fourth-order valence-corrected chi connectivity index (χ4v) is 2.60. The van der Waals surface area contributed by atoms with Crippen LogP contribution in [0.25, 0.3) is 0 Å². The second-order valence-electron chi connectivity index (χ2n) is 4.88. The molecule has 0 aliphatic carbocycles. The maximum Gasteiger partial charge on any atom is 0.163 e. The first kappa shape index (κ1) is 13.5. The third kappa shape index (κ3) is 2.90. The Bertz CT molecular complexity index is 415. The van der Waals surface area contributed by atoms with E-state index < -0.39 is 0 Å². The van der Waals surface area contributed by atoms with Gasteiger partial charge in [-0.1, -0.05) is 11.6 Å². The molecule has 3 nitrogen and oxygen atoms in total. The molecule has 1 saturated heterocycles. The Labute approximate surface area is 113 Å². The zero-order valence-electron chi connectivity index (χ0n) is 11.1. The summed E-state index contributed by atoms with van der Waals surface area (Å²) in [5, 5.41) is 4.12. The first-order valence-electron chi connectivity index (χ1n) is 6.36. The molecule has 1 aromatic carbocycles. The summed E-state index contributed by atoms with van der Waals surface area (Å²) in [6.45, 7) is 6.01. The van der Waals surface area contributed by atoms with E-state index >= 15 is 0 Å². The van der Waals surface area contributed by atoms with Crippen molar-refractivity contribution >= 4 is 11.6 Å². The molecule has 0 spiro atoms. The van der Waals surface area contributed by atoms with Crippen molar-refractivity contribution < 1.29 is 9.47 Å². The normalized spacial score (nSPS) is 19.3. The molecule has 1 N–H and O–H groups in total. The quantitative estimate of drug-likeness (QED) is 0.910. The van der Waals surface area contributed by atoms with Gasteiger partial charge in [-0.15, -0.1) is 0 Å². The van der Waals surface area contributed by atoms with E-state index in [1.54, 1.807) is 7.11 Å². The summed E-state index contributed by atoms with van der Waals surface area (Å²) in [7, 11) is 1.66. The Hall–Kier alpha value is -0.930. The maximum atomic E-state index is 6.36. The van der Waals surface area contributed by atoms with E-state index in [2.05, 4.69) is 5.32 Å². The van der Waals surface area contributed by atoms with Crippen molar-refractivity contribution in [1.29, 1.82) is 0 Å². The van der Waals surface area contributed by atoms with Gasteiger partial charge in [0, 0.05) is 17.6 Å². The maximum absolute atomic E-state index is 6.36. The Morgan fingerprint density at radius 2 is 2.11 bits per heavy atom. The molecule has 1 fully saturated rings. The molecule has 4 heteroatoms. The lowest BCUT2D eigenvalue weighted by atomic mass is 9.98. The van der Waals surface area contributed by atoms with Gasteiger partial charge in [0.1, 0.15) is 0 Å². The largest absolute Gasteiger partial charge is 0.493 e. The van der Waals surface area contributed by atoms with Crippen LogP contribution in [0.1, 0.15) is 31.7 Å². The molecule has 1 aliphatic heterocycles. The molecule has 0 radical (unpaired) electrons. The Balaban J connectivity index is 2.32. The van der Waals surface area contributed by atoms with Gasteiger partial charge in [-0.05, 0) is 44.4 Å². The first-order chi connectivity index (χ1) is 8.61. The van der Waals surface area contributed by atoms with Crippen molar-refractivity contribution in [2.75, 3.05) is 20.2 Å². The number of hydrogen-bond acceptors (Lipinski definition) is 3. The smallest absolute Gasteiger partial charge is 0.163 e. The number of halogens is 1. The van der Waals surface area contributed by atoms with Gasteiger partial charge in [-0.3, -0.25) is 0 Å². The molecule has 0 saturated carbocycles. The van der Waals surface area contributed by atoms with Crippen LogP contribution in [-0.2, 0) is 0 Å². The second-order valence-corrected chi connectivity index (χ2v) is 5.29. The highest BCUT2D eigenvalue weighted by Crippen LogP contribution is 2.38. The van der Waals surface area contributed by atoms with Crippen molar-refractivity contribution in [3.05, 3.63) is 22.7 Å². The van der Waals surface area contributed by atoms with Gasteiger partial charge in [-0.25, -0.2) is 0 Å². The fourth-order valence-electron chi connectivity index (χ4n) is 2.29. The minimum Gasteiger partial charge on any atom is -0.493 e. The summed E-state index contributed by atoms with van der Waals surface area (Å²) in [5.41, 5.74) is 1.15. The molecular formula is C14H20ClNO2. The zero-order valence-corrected chi connectivity index (χ0v) is 11.9. The third-order valence-corrected chi connectivity index (χ3v) is 3.47. The second kappa shape index (κ2) is 5.81. The van der Waals surface area contributed by atoms with E-state index in [-0.39, 0.29) is 6.10 Å². The van der Waals surface area contributed by atoms with Crippen LogP contribution in [0, 0.1) is 0 Å². The lowest BCUT2D eigenvalue weighted by molar-refractivity contribution is 0.230. The molecule has 0 amide bonds. The van der Waals surface area contributed by atoms with Crippen LogP contribution >= 0.6 is 11.6 Å². The highest BCUT2D eigenvalue weighted by molar-refractivity contribution is 6.31. The SMILES string of the molecule is COc1cc(C2CCNC2)c(Cl)cc1OC(C)C. The molecule has 1 heterocycles. The van der Waals surface area contributed by atoms with E-state index in [1.807, 2.05) is 26.0 Å². The first-order valence-corrected chi connectivity index (χ1v) is 6.74. The molecular weight excluding hydrogens is 250 g/mol. The van der Waals surface area contributed by atoms with Gasteiger partial charge in [0.25, 0.3) is 0 Å². The van der Waals surface area contributed by atoms with Crippen LogP contribution in [0.2, 0.25) is 5.02 Å². The number of ether oxygens (including phenoxy) is 2. The number of nitrogens with one attached hydrogen (secondary N) is 1. The van der Waals surface area contributed by atoms with Crippen LogP contribution in [-0.4, -0.2) is 26.3 Å². The monoisotopic (exact) mass is 269 g/mol. The van der Waals surface area contributed by atoms with Crippen LogP contribution < -0.4 is 14.8 Å². The lowest BCUT2D eigenvalue weighted by Gasteiger charge is -2.18. The summed E-state index contributed by atoms with van der Waals surface area (Å²) in [5.74, 6) is 1.95. The van der Waals surface area contributed by atoms with Crippen LogP contribution in [0.3, 0.4) is 0 Å². The van der Waals surface area contributed by atoms with Crippen LogP contribution in [0.5, 0.6) is 11.5 Å². The molecule has 1 aromatic rings. The van der Waals surface area contributed by atoms with Crippen molar-refractivity contribution in [2.45, 2.75) is 32.3 Å². The average Bonchev–Trinajstić information content (AvgIpc) is 2.82. The van der Waals surface area contributed by atoms with Crippen molar-refractivity contribution in [3.63, 3.8) is 0 Å². The van der Waals surface area contributed by atoms with Crippen molar-refractivity contribution in [1.82, 2.24) is 5.32 Å². The van der Waals surface area contributed by atoms with Crippen LogP contribution in [0.4, 0.5) is 0 Å². The fraction of sp³-hybridized carbons (Fsp3) is 0.571. The molecule has 1 atom stereocenters. The molecule has 1 unspecified atom stereocenters. The summed E-state index contributed by atoms with van der Waals surface area (Å²) in [6, 6.07) is 3.88. The van der Waals surface area contributed by atoms with Gasteiger partial charge in [0.05, 0.1) is 13.2 Å². The van der Waals surface area contributed by atoms with Gasteiger partial charge in [0.2, 0.25) is 0 Å². The lowest BCUT2D eigenvalue weighted by Crippen LogP contribution is -2.10. The summed E-state index contributed by atoms with van der Waals surface area (Å²) < 4.78 is 11.1. The minimum atomic E-state index is 0.106. The molecule has 100 valence electrons. The summed E-state index contributed by atoms with van der Waals surface area (Å²) >= 11 is 6.36. The van der Waals surface area contributed by atoms with Crippen molar-refractivity contribution in [3.8, 4) is 11.5 Å². The van der Waals surface area contributed by atoms with Crippen molar-refractivity contribution in [2.24, 2.45) is 0 Å². The van der Waals surface area contributed by atoms with E-state index in [1.165, 1.54) is 0 Å². The topological polar surface area (TPSA) is 30.5 Å². The van der Waals surface area contributed by atoms with Gasteiger partial charge in [0.15, 0.2) is 11.5 Å². The van der Waals surface area contributed by atoms with Crippen LogP contribution in [0.15, 0.2) is 12.1 Å².